The number of hydrogen-bond acceptors (Lipinski definition) is 2. The number of rotatable bonds is 4. The van der Waals surface area contributed by atoms with Crippen molar-refractivity contribution in [1.82, 2.24) is 5.32 Å². The molecular weight excluding hydrogens is 248 g/mol. The molecule has 2 nitrogen and oxygen atoms in total. The third kappa shape index (κ3) is 2.65. The molecule has 4 heteroatoms. The van der Waals surface area contributed by atoms with Gasteiger partial charge in [0, 0.05) is 12.6 Å². The third-order valence-corrected chi connectivity index (χ3v) is 4.64. The van der Waals surface area contributed by atoms with Crippen molar-refractivity contribution in [3.05, 3.63) is 35.4 Å². The molecule has 2 aliphatic carbocycles. The van der Waals surface area contributed by atoms with Crippen LogP contribution in [0.5, 0.6) is 0 Å². The van der Waals surface area contributed by atoms with Crippen molar-refractivity contribution in [2.75, 3.05) is 6.54 Å². The van der Waals surface area contributed by atoms with Crippen molar-refractivity contribution in [1.29, 1.82) is 0 Å². The van der Waals surface area contributed by atoms with Gasteiger partial charge in [-0.25, -0.2) is 8.78 Å². The minimum absolute atomic E-state index is 0.402. The molecule has 2 saturated carbocycles. The molecule has 1 aromatic carbocycles. The van der Waals surface area contributed by atoms with Gasteiger partial charge in [-0.15, -0.1) is 0 Å². The van der Waals surface area contributed by atoms with E-state index in [1.54, 1.807) is 0 Å². The smallest absolute Gasteiger partial charge is 0.159 e. The second-order valence-corrected chi connectivity index (χ2v) is 5.88. The van der Waals surface area contributed by atoms with E-state index in [-0.39, 0.29) is 0 Å². The van der Waals surface area contributed by atoms with E-state index < -0.39 is 17.7 Å². The molecule has 2 N–H and O–H groups in total. The predicted octanol–water partition coefficient (Wildman–Crippen LogP) is 2.78. The summed E-state index contributed by atoms with van der Waals surface area (Å²) in [6.45, 7) is 0.402. The number of hydrogen-bond donors (Lipinski definition) is 2. The zero-order valence-corrected chi connectivity index (χ0v) is 10.8. The summed E-state index contributed by atoms with van der Waals surface area (Å²) >= 11 is 0. The average molecular weight is 267 g/mol. The molecule has 19 heavy (non-hydrogen) atoms. The van der Waals surface area contributed by atoms with E-state index in [0.717, 1.165) is 24.0 Å². The van der Waals surface area contributed by atoms with Crippen LogP contribution in [0.3, 0.4) is 0 Å². The molecule has 1 aromatic rings. The summed E-state index contributed by atoms with van der Waals surface area (Å²) in [5.74, 6) is -0.196. The predicted molar refractivity (Wildman–Crippen MR) is 68.6 cm³/mol. The highest BCUT2D eigenvalue weighted by Crippen LogP contribution is 2.44. The summed E-state index contributed by atoms with van der Waals surface area (Å²) in [7, 11) is 0. The van der Waals surface area contributed by atoms with E-state index in [9.17, 15) is 13.9 Å². The zero-order valence-electron chi connectivity index (χ0n) is 10.8. The first-order valence-corrected chi connectivity index (χ1v) is 7.00. The Morgan fingerprint density at radius 2 is 2.05 bits per heavy atom. The van der Waals surface area contributed by atoms with E-state index >= 15 is 0 Å². The molecule has 0 saturated heterocycles. The Labute approximate surface area is 111 Å². The van der Waals surface area contributed by atoms with Crippen LogP contribution in [0.4, 0.5) is 8.78 Å². The van der Waals surface area contributed by atoms with E-state index in [1.165, 1.54) is 31.7 Å². The van der Waals surface area contributed by atoms with Gasteiger partial charge >= 0.3 is 0 Å². The van der Waals surface area contributed by atoms with Crippen LogP contribution >= 0.6 is 0 Å². The van der Waals surface area contributed by atoms with Gasteiger partial charge in [0.2, 0.25) is 0 Å². The number of aliphatic hydroxyl groups excluding tert-OH is 1. The van der Waals surface area contributed by atoms with Crippen LogP contribution in [0.25, 0.3) is 0 Å². The van der Waals surface area contributed by atoms with Gasteiger partial charge in [-0.05, 0) is 48.8 Å². The number of nitrogens with one attached hydrogen (secondary N) is 1. The average Bonchev–Trinajstić information content (AvgIpc) is 3.01. The number of fused-ring (bicyclic) bond motifs is 2. The molecule has 104 valence electrons. The Balaban J connectivity index is 1.56. The summed E-state index contributed by atoms with van der Waals surface area (Å²) in [5, 5.41) is 13.4. The van der Waals surface area contributed by atoms with Gasteiger partial charge in [-0.3, -0.25) is 0 Å². The normalized spacial score (nSPS) is 30.8. The molecule has 4 unspecified atom stereocenters. The lowest BCUT2D eigenvalue weighted by Gasteiger charge is -2.24. The summed E-state index contributed by atoms with van der Waals surface area (Å²) < 4.78 is 25.9. The number of aliphatic hydroxyl groups is 1. The highest BCUT2D eigenvalue weighted by molar-refractivity contribution is 5.20. The molecule has 0 amide bonds. The fourth-order valence-corrected chi connectivity index (χ4v) is 3.60. The molecule has 0 aromatic heterocycles. The Morgan fingerprint density at radius 1 is 1.21 bits per heavy atom. The highest BCUT2D eigenvalue weighted by Gasteiger charge is 2.39. The fraction of sp³-hybridized carbons (Fsp3) is 0.600. The third-order valence-electron chi connectivity index (χ3n) is 4.64. The maximum absolute atomic E-state index is 13.1. The van der Waals surface area contributed by atoms with Crippen LogP contribution in [0.1, 0.15) is 37.4 Å². The van der Waals surface area contributed by atoms with E-state index in [0.29, 0.717) is 18.2 Å². The quantitative estimate of drug-likeness (QED) is 0.879. The first kappa shape index (κ1) is 13.0. The molecule has 0 aliphatic heterocycles. The van der Waals surface area contributed by atoms with Crippen LogP contribution in [0, 0.1) is 23.5 Å². The van der Waals surface area contributed by atoms with Crippen molar-refractivity contribution in [3.8, 4) is 0 Å². The molecule has 0 radical (unpaired) electrons. The lowest BCUT2D eigenvalue weighted by atomic mass is 9.95. The number of halogens is 2. The molecule has 0 spiro atoms. The second kappa shape index (κ2) is 5.17. The van der Waals surface area contributed by atoms with Crippen molar-refractivity contribution in [2.45, 2.75) is 37.8 Å². The van der Waals surface area contributed by atoms with Crippen LogP contribution in [-0.2, 0) is 0 Å². The topological polar surface area (TPSA) is 32.3 Å². The van der Waals surface area contributed by atoms with E-state index in [4.69, 9.17) is 0 Å². The molecular formula is C15H19F2NO. The maximum Gasteiger partial charge on any atom is 0.159 e. The maximum atomic E-state index is 13.1. The second-order valence-electron chi connectivity index (χ2n) is 5.88. The molecule has 2 fully saturated rings. The van der Waals surface area contributed by atoms with Crippen molar-refractivity contribution in [3.63, 3.8) is 0 Å². The Hall–Kier alpha value is -1.00. The molecule has 2 bridgehead atoms. The van der Waals surface area contributed by atoms with Gasteiger partial charge in [0.1, 0.15) is 0 Å². The van der Waals surface area contributed by atoms with Gasteiger partial charge in [-0.1, -0.05) is 12.5 Å². The van der Waals surface area contributed by atoms with Crippen LogP contribution in [0.15, 0.2) is 18.2 Å². The van der Waals surface area contributed by atoms with Crippen LogP contribution in [-0.4, -0.2) is 17.7 Å². The lowest BCUT2D eigenvalue weighted by molar-refractivity contribution is 0.163. The minimum Gasteiger partial charge on any atom is -0.387 e. The monoisotopic (exact) mass is 267 g/mol. The van der Waals surface area contributed by atoms with Crippen molar-refractivity contribution >= 4 is 0 Å². The van der Waals surface area contributed by atoms with Gasteiger partial charge in [0.25, 0.3) is 0 Å². The summed E-state index contributed by atoms with van der Waals surface area (Å²) in [4.78, 5) is 0. The standard InChI is InChI=1S/C15H19F2NO/c16-12-4-3-11(7-13(12)17)15(19)8-18-14-6-9-1-2-10(14)5-9/h3-4,7,9-10,14-15,18-19H,1-2,5-6,8H2. The first-order valence-electron chi connectivity index (χ1n) is 7.00. The van der Waals surface area contributed by atoms with E-state index in [1.807, 2.05) is 0 Å². The lowest BCUT2D eigenvalue weighted by Crippen LogP contribution is -2.36. The van der Waals surface area contributed by atoms with E-state index in [2.05, 4.69) is 5.32 Å². The Bertz CT molecular complexity index is 465. The first-order chi connectivity index (χ1) is 9.13. The largest absolute Gasteiger partial charge is 0.387 e. The zero-order chi connectivity index (χ0) is 13.4. The Morgan fingerprint density at radius 3 is 2.68 bits per heavy atom. The Kier molecular flexibility index (Phi) is 3.54. The fourth-order valence-electron chi connectivity index (χ4n) is 3.60. The molecule has 2 aliphatic rings. The van der Waals surface area contributed by atoms with Gasteiger partial charge in [0.05, 0.1) is 6.10 Å². The highest BCUT2D eigenvalue weighted by atomic mass is 19.2. The molecule has 4 atom stereocenters. The summed E-state index contributed by atoms with van der Waals surface area (Å²) in [5.41, 5.74) is 0.426. The molecule has 3 rings (SSSR count). The van der Waals surface area contributed by atoms with Gasteiger partial charge in [-0.2, -0.15) is 0 Å². The van der Waals surface area contributed by atoms with Crippen molar-refractivity contribution in [2.24, 2.45) is 11.8 Å². The van der Waals surface area contributed by atoms with Gasteiger partial charge < -0.3 is 10.4 Å². The minimum atomic E-state index is -0.906. The summed E-state index contributed by atoms with van der Waals surface area (Å²) in [6.07, 6.45) is 4.33. The van der Waals surface area contributed by atoms with Crippen LogP contribution in [0.2, 0.25) is 0 Å². The van der Waals surface area contributed by atoms with Gasteiger partial charge in [0.15, 0.2) is 11.6 Å². The SMILES string of the molecule is OC(CNC1CC2CCC1C2)c1ccc(F)c(F)c1. The summed E-state index contributed by atoms with van der Waals surface area (Å²) in [6, 6.07) is 4.05. The molecule has 0 heterocycles. The van der Waals surface area contributed by atoms with Crippen molar-refractivity contribution < 1.29 is 13.9 Å². The van der Waals surface area contributed by atoms with Crippen LogP contribution < -0.4 is 5.32 Å². The number of benzene rings is 1.